The van der Waals surface area contributed by atoms with Crippen molar-refractivity contribution < 1.29 is 9.53 Å². The number of carbonyl (C=O) groups is 1. The molecule has 1 aromatic carbocycles. The molecule has 0 fully saturated rings. The Balaban J connectivity index is 2.20. The van der Waals surface area contributed by atoms with Gasteiger partial charge >= 0.3 is 0 Å². The lowest BCUT2D eigenvalue weighted by Gasteiger charge is -2.06. The van der Waals surface area contributed by atoms with Gasteiger partial charge in [-0.2, -0.15) is 0 Å². The highest BCUT2D eigenvalue weighted by Crippen LogP contribution is 2.19. The molecule has 19 heavy (non-hydrogen) atoms. The SMILES string of the molecule is COCCNC(=O)Cn1c(=S)[nH]c2ccc(Br)cc21. The van der Waals surface area contributed by atoms with E-state index >= 15 is 0 Å². The van der Waals surface area contributed by atoms with Crippen LogP contribution in [-0.4, -0.2) is 35.7 Å². The lowest BCUT2D eigenvalue weighted by Crippen LogP contribution is -2.30. The Morgan fingerprint density at radius 1 is 1.58 bits per heavy atom. The molecule has 102 valence electrons. The van der Waals surface area contributed by atoms with Crippen LogP contribution in [0, 0.1) is 4.77 Å². The zero-order valence-electron chi connectivity index (χ0n) is 10.4. The molecule has 1 heterocycles. The number of amides is 1. The number of aromatic amines is 1. The normalized spacial score (nSPS) is 10.8. The minimum absolute atomic E-state index is 0.0889. The van der Waals surface area contributed by atoms with Crippen LogP contribution in [0.1, 0.15) is 0 Å². The van der Waals surface area contributed by atoms with E-state index in [9.17, 15) is 4.79 Å². The topological polar surface area (TPSA) is 59.0 Å². The van der Waals surface area contributed by atoms with Crippen LogP contribution in [0.2, 0.25) is 0 Å². The third-order valence-electron chi connectivity index (χ3n) is 2.67. The molecule has 0 bridgehead atoms. The van der Waals surface area contributed by atoms with Gasteiger partial charge in [-0.1, -0.05) is 15.9 Å². The van der Waals surface area contributed by atoms with Gasteiger partial charge in [-0.15, -0.1) is 0 Å². The first-order chi connectivity index (χ1) is 9.11. The van der Waals surface area contributed by atoms with E-state index in [1.54, 1.807) is 11.7 Å². The van der Waals surface area contributed by atoms with E-state index in [-0.39, 0.29) is 12.5 Å². The van der Waals surface area contributed by atoms with Gasteiger partial charge in [-0.25, -0.2) is 0 Å². The predicted molar refractivity (Wildman–Crippen MR) is 79.7 cm³/mol. The smallest absolute Gasteiger partial charge is 0.240 e. The van der Waals surface area contributed by atoms with Crippen LogP contribution in [0.5, 0.6) is 0 Å². The molecular weight excluding hydrogens is 330 g/mol. The zero-order chi connectivity index (χ0) is 13.8. The van der Waals surface area contributed by atoms with Gasteiger partial charge in [-0.3, -0.25) is 4.79 Å². The summed E-state index contributed by atoms with van der Waals surface area (Å²) >= 11 is 8.65. The number of nitrogens with one attached hydrogen (secondary N) is 2. The van der Waals surface area contributed by atoms with Crippen molar-refractivity contribution >= 4 is 45.1 Å². The van der Waals surface area contributed by atoms with Crippen molar-refractivity contribution in [3.05, 3.63) is 27.4 Å². The number of fused-ring (bicyclic) bond motifs is 1. The highest BCUT2D eigenvalue weighted by atomic mass is 79.9. The minimum Gasteiger partial charge on any atom is -0.383 e. The number of ether oxygens (including phenoxy) is 1. The third-order valence-corrected chi connectivity index (χ3v) is 3.48. The standard InChI is InChI=1S/C12H14BrN3O2S/c1-18-5-4-14-11(17)7-16-10-6-8(13)2-3-9(10)15-12(16)19/h2-3,6H,4-5,7H2,1H3,(H,14,17)(H,15,19). The number of imidazole rings is 1. The number of H-pyrrole nitrogens is 1. The fourth-order valence-corrected chi connectivity index (χ4v) is 2.40. The number of benzene rings is 1. The summed E-state index contributed by atoms with van der Waals surface area (Å²) in [6, 6.07) is 5.79. The molecule has 0 saturated heterocycles. The van der Waals surface area contributed by atoms with Gasteiger partial charge in [0.15, 0.2) is 4.77 Å². The van der Waals surface area contributed by atoms with Crippen LogP contribution in [-0.2, 0) is 16.1 Å². The van der Waals surface area contributed by atoms with Crippen LogP contribution >= 0.6 is 28.1 Å². The molecule has 2 N–H and O–H groups in total. The van der Waals surface area contributed by atoms with Gasteiger partial charge in [0.1, 0.15) is 6.54 Å². The monoisotopic (exact) mass is 343 g/mol. The first-order valence-corrected chi connectivity index (χ1v) is 6.95. The van der Waals surface area contributed by atoms with Gasteiger partial charge in [0.05, 0.1) is 17.6 Å². The molecule has 0 aliphatic carbocycles. The maximum absolute atomic E-state index is 11.8. The summed E-state index contributed by atoms with van der Waals surface area (Å²) in [5, 5.41) is 2.77. The largest absolute Gasteiger partial charge is 0.383 e. The van der Waals surface area contributed by atoms with Crippen LogP contribution in [0.3, 0.4) is 0 Å². The summed E-state index contributed by atoms with van der Waals surface area (Å²) in [6.07, 6.45) is 0. The molecule has 0 aliphatic heterocycles. The third kappa shape index (κ3) is 3.43. The minimum atomic E-state index is -0.0889. The molecule has 0 saturated carbocycles. The number of halogens is 1. The average molecular weight is 344 g/mol. The Kier molecular flexibility index (Phi) is 4.73. The molecule has 0 atom stereocenters. The number of rotatable bonds is 5. The van der Waals surface area contributed by atoms with E-state index in [2.05, 4.69) is 26.2 Å². The summed E-state index contributed by atoms with van der Waals surface area (Å²) < 4.78 is 8.14. The lowest BCUT2D eigenvalue weighted by molar-refractivity contribution is -0.121. The van der Waals surface area contributed by atoms with Crippen molar-refractivity contribution in [3.8, 4) is 0 Å². The first kappa shape index (κ1) is 14.2. The van der Waals surface area contributed by atoms with Crippen LogP contribution in [0.25, 0.3) is 11.0 Å². The van der Waals surface area contributed by atoms with Crippen molar-refractivity contribution in [1.82, 2.24) is 14.9 Å². The van der Waals surface area contributed by atoms with E-state index in [0.29, 0.717) is 17.9 Å². The maximum Gasteiger partial charge on any atom is 0.240 e. The van der Waals surface area contributed by atoms with Gasteiger partial charge in [0.25, 0.3) is 0 Å². The zero-order valence-corrected chi connectivity index (χ0v) is 12.8. The number of hydrogen-bond acceptors (Lipinski definition) is 3. The summed E-state index contributed by atoms with van der Waals surface area (Å²) in [7, 11) is 1.60. The summed E-state index contributed by atoms with van der Waals surface area (Å²) in [6.45, 7) is 1.18. The molecule has 2 aromatic rings. The van der Waals surface area contributed by atoms with Crippen LogP contribution < -0.4 is 5.32 Å². The fourth-order valence-electron chi connectivity index (χ4n) is 1.77. The second-order valence-electron chi connectivity index (χ2n) is 4.02. The quantitative estimate of drug-likeness (QED) is 0.646. The Hall–Kier alpha value is -1.18. The van der Waals surface area contributed by atoms with E-state index in [0.717, 1.165) is 15.5 Å². The molecule has 5 nitrogen and oxygen atoms in total. The Morgan fingerprint density at radius 2 is 2.37 bits per heavy atom. The van der Waals surface area contributed by atoms with E-state index in [1.165, 1.54) is 0 Å². The van der Waals surface area contributed by atoms with Crippen molar-refractivity contribution in [3.63, 3.8) is 0 Å². The van der Waals surface area contributed by atoms with E-state index in [4.69, 9.17) is 17.0 Å². The Bertz CT molecular complexity index is 650. The average Bonchev–Trinajstić information content (AvgIpc) is 2.66. The summed E-state index contributed by atoms with van der Waals surface area (Å²) in [4.78, 5) is 14.9. The van der Waals surface area contributed by atoms with E-state index < -0.39 is 0 Å². The van der Waals surface area contributed by atoms with Crippen molar-refractivity contribution in [2.75, 3.05) is 20.3 Å². The van der Waals surface area contributed by atoms with Gasteiger partial charge in [0, 0.05) is 18.1 Å². The summed E-state index contributed by atoms with van der Waals surface area (Å²) in [5.41, 5.74) is 1.82. The summed E-state index contributed by atoms with van der Waals surface area (Å²) in [5.74, 6) is -0.0889. The van der Waals surface area contributed by atoms with Crippen LogP contribution in [0.4, 0.5) is 0 Å². The Morgan fingerprint density at radius 3 is 3.11 bits per heavy atom. The molecule has 1 aromatic heterocycles. The predicted octanol–water partition coefficient (Wildman–Crippen LogP) is 2.22. The number of carbonyl (C=O) groups excluding carboxylic acids is 1. The van der Waals surface area contributed by atoms with Crippen molar-refractivity contribution in [2.24, 2.45) is 0 Å². The Labute approximate surface area is 124 Å². The second kappa shape index (κ2) is 6.31. The first-order valence-electron chi connectivity index (χ1n) is 5.75. The van der Waals surface area contributed by atoms with Crippen molar-refractivity contribution in [1.29, 1.82) is 0 Å². The van der Waals surface area contributed by atoms with Crippen molar-refractivity contribution in [2.45, 2.75) is 6.54 Å². The molecule has 0 aliphatic rings. The molecule has 0 radical (unpaired) electrons. The highest BCUT2D eigenvalue weighted by Gasteiger charge is 2.08. The molecule has 0 spiro atoms. The number of nitrogens with zero attached hydrogens (tertiary/aromatic N) is 1. The lowest BCUT2D eigenvalue weighted by atomic mass is 10.3. The molecule has 2 rings (SSSR count). The number of methoxy groups -OCH3 is 1. The second-order valence-corrected chi connectivity index (χ2v) is 5.32. The van der Waals surface area contributed by atoms with Gasteiger partial charge in [0.2, 0.25) is 5.91 Å². The molecule has 0 unspecified atom stereocenters. The molecule has 1 amide bonds. The molecular formula is C12H14BrN3O2S. The fraction of sp³-hybridized carbons (Fsp3) is 0.333. The van der Waals surface area contributed by atoms with Gasteiger partial charge in [-0.05, 0) is 30.4 Å². The number of hydrogen-bond donors (Lipinski definition) is 2. The number of aromatic nitrogens is 2. The van der Waals surface area contributed by atoms with Crippen LogP contribution in [0.15, 0.2) is 22.7 Å². The van der Waals surface area contributed by atoms with Gasteiger partial charge < -0.3 is 19.6 Å². The maximum atomic E-state index is 11.8. The molecule has 7 heteroatoms. The van der Waals surface area contributed by atoms with E-state index in [1.807, 2.05) is 18.2 Å². The highest BCUT2D eigenvalue weighted by molar-refractivity contribution is 9.10.